The molecule has 114 valence electrons. The summed E-state index contributed by atoms with van der Waals surface area (Å²) in [6.45, 7) is 0.997. The summed E-state index contributed by atoms with van der Waals surface area (Å²) in [4.78, 5) is 11.5. The fourth-order valence-corrected chi connectivity index (χ4v) is 3.67. The highest BCUT2D eigenvalue weighted by atomic mass is 32.2. The van der Waals surface area contributed by atoms with Gasteiger partial charge in [-0.05, 0) is 25.0 Å². The molecule has 0 spiro atoms. The largest absolute Gasteiger partial charge is 0.486 e. The summed E-state index contributed by atoms with van der Waals surface area (Å²) in [5.74, 6) is 0.596. The molecule has 0 saturated carbocycles. The normalized spacial score (nSPS) is 25.5. The zero-order valence-electron chi connectivity index (χ0n) is 11.3. The van der Waals surface area contributed by atoms with Gasteiger partial charge in [0.05, 0.1) is 22.7 Å². The molecule has 0 bridgehead atoms. The summed E-state index contributed by atoms with van der Waals surface area (Å²) < 4.78 is 28.6. The van der Waals surface area contributed by atoms with E-state index >= 15 is 0 Å². The minimum absolute atomic E-state index is 0.278. The van der Waals surface area contributed by atoms with E-state index < -0.39 is 22.9 Å². The maximum Gasteiger partial charge on any atom is 0.332 e. The third-order valence-electron chi connectivity index (χ3n) is 3.50. The highest BCUT2D eigenvalue weighted by Crippen LogP contribution is 2.32. The lowest BCUT2D eigenvalue weighted by Crippen LogP contribution is -2.23. The Labute approximate surface area is 124 Å². The lowest BCUT2D eigenvalue weighted by atomic mass is 10.2. The highest BCUT2D eigenvalue weighted by molar-refractivity contribution is 7.85. The third-order valence-corrected chi connectivity index (χ3v) is 4.95. The monoisotopic (exact) mass is 312 g/mol. The van der Waals surface area contributed by atoms with Gasteiger partial charge >= 0.3 is 5.97 Å². The predicted octanol–water partition coefficient (Wildman–Crippen LogP) is 1.20. The molecule has 1 N–H and O–H groups in total. The van der Waals surface area contributed by atoms with E-state index in [-0.39, 0.29) is 6.10 Å². The Hall–Kier alpha value is -1.60. The molecule has 6 nitrogen and oxygen atoms in total. The molecule has 1 fully saturated rings. The average molecular weight is 312 g/mol. The van der Waals surface area contributed by atoms with Crippen molar-refractivity contribution in [2.45, 2.75) is 29.9 Å². The van der Waals surface area contributed by atoms with Gasteiger partial charge in [-0.3, -0.25) is 4.21 Å². The Bertz CT molecular complexity index is 573. The summed E-state index contributed by atoms with van der Waals surface area (Å²) in [5, 5.41) is 8.88. The van der Waals surface area contributed by atoms with Crippen LogP contribution in [0.4, 0.5) is 0 Å². The number of benzene rings is 1. The first-order valence-electron chi connectivity index (χ1n) is 6.80. The maximum absolute atomic E-state index is 12.4. The van der Waals surface area contributed by atoms with Gasteiger partial charge in [0.15, 0.2) is 17.6 Å². The lowest BCUT2D eigenvalue weighted by molar-refractivity contribution is -0.148. The van der Waals surface area contributed by atoms with Gasteiger partial charge in [-0.2, -0.15) is 0 Å². The van der Waals surface area contributed by atoms with Crippen molar-refractivity contribution in [2.75, 3.05) is 19.0 Å². The van der Waals surface area contributed by atoms with Gasteiger partial charge in [-0.1, -0.05) is 0 Å². The zero-order chi connectivity index (χ0) is 14.8. The molecule has 0 radical (unpaired) electrons. The molecule has 0 aromatic heterocycles. The molecule has 2 aliphatic heterocycles. The van der Waals surface area contributed by atoms with Crippen LogP contribution in [0.2, 0.25) is 0 Å². The number of hydrogen-bond acceptors (Lipinski definition) is 5. The summed E-state index contributed by atoms with van der Waals surface area (Å²) in [7, 11) is -1.25. The molecule has 0 amide bonds. The number of rotatable bonds is 4. The minimum atomic E-state index is -1.25. The standard InChI is InChI=1S/C14H16O6S/c15-14(16)12-3-1-9(20-12)8-21(17)10-2-4-11-13(7-10)19-6-5-18-11/h2,4,7,9,12H,1,3,5-6,8H2,(H,15,16). The molecule has 1 saturated heterocycles. The topological polar surface area (TPSA) is 82.1 Å². The molecule has 1 aromatic rings. The molecule has 1 aromatic carbocycles. The van der Waals surface area contributed by atoms with Gasteiger partial charge < -0.3 is 19.3 Å². The van der Waals surface area contributed by atoms with Crippen molar-refractivity contribution in [2.24, 2.45) is 0 Å². The van der Waals surface area contributed by atoms with E-state index in [0.717, 1.165) is 0 Å². The van der Waals surface area contributed by atoms with E-state index in [2.05, 4.69) is 0 Å². The molecule has 0 aliphatic carbocycles. The van der Waals surface area contributed by atoms with Gasteiger partial charge in [0.25, 0.3) is 0 Å². The maximum atomic E-state index is 12.4. The van der Waals surface area contributed by atoms with Crippen molar-refractivity contribution in [1.29, 1.82) is 0 Å². The zero-order valence-corrected chi connectivity index (χ0v) is 12.1. The Kier molecular flexibility index (Phi) is 4.12. The second-order valence-corrected chi connectivity index (χ2v) is 6.48. The first kappa shape index (κ1) is 14.3. The number of fused-ring (bicyclic) bond motifs is 1. The van der Waals surface area contributed by atoms with Gasteiger partial charge in [0, 0.05) is 11.0 Å². The van der Waals surface area contributed by atoms with E-state index in [9.17, 15) is 9.00 Å². The van der Waals surface area contributed by atoms with Crippen LogP contribution in [0.25, 0.3) is 0 Å². The van der Waals surface area contributed by atoms with Crippen molar-refractivity contribution >= 4 is 16.8 Å². The van der Waals surface area contributed by atoms with E-state index in [4.69, 9.17) is 19.3 Å². The third kappa shape index (κ3) is 3.19. The number of carbonyl (C=O) groups is 1. The van der Waals surface area contributed by atoms with Crippen LogP contribution in [0, 0.1) is 0 Å². The quantitative estimate of drug-likeness (QED) is 0.899. The molecular formula is C14H16O6S. The van der Waals surface area contributed by atoms with Crippen LogP contribution >= 0.6 is 0 Å². The minimum Gasteiger partial charge on any atom is -0.486 e. The van der Waals surface area contributed by atoms with E-state index in [1.807, 2.05) is 0 Å². The molecule has 3 unspecified atom stereocenters. The molecule has 2 aliphatic rings. The Morgan fingerprint density at radius 3 is 2.71 bits per heavy atom. The van der Waals surface area contributed by atoms with Crippen molar-refractivity contribution in [3.63, 3.8) is 0 Å². The molecule has 3 rings (SSSR count). The van der Waals surface area contributed by atoms with Crippen molar-refractivity contribution in [3.8, 4) is 11.5 Å². The molecule has 3 atom stereocenters. The van der Waals surface area contributed by atoms with Crippen LogP contribution in [0.1, 0.15) is 12.8 Å². The van der Waals surface area contributed by atoms with E-state index in [0.29, 0.717) is 48.2 Å². The van der Waals surface area contributed by atoms with Gasteiger partial charge in [-0.25, -0.2) is 4.79 Å². The van der Waals surface area contributed by atoms with Gasteiger partial charge in [0.1, 0.15) is 13.2 Å². The van der Waals surface area contributed by atoms with Gasteiger partial charge in [-0.15, -0.1) is 0 Å². The highest BCUT2D eigenvalue weighted by Gasteiger charge is 2.31. The van der Waals surface area contributed by atoms with Crippen molar-refractivity contribution < 1.29 is 28.3 Å². The van der Waals surface area contributed by atoms with Crippen LogP contribution in [-0.2, 0) is 20.3 Å². The van der Waals surface area contributed by atoms with Crippen LogP contribution in [0.5, 0.6) is 11.5 Å². The predicted molar refractivity (Wildman–Crippen MR) is 74.2 cm³/mol. The second kappa shape index (κ2) is 6.03. The Balaban J connectivity index is 1.65. The fraction of sp³-hybridized carbons (Fsp3) is 0.500. The van der Waals surface area contributed by atoms with Crippen LogP contribution < -0.4 is 9.47 Å². The summed E-state index contributed by atoms with van der Waals surface area (Å²) in [6, 6.07) is 5.21. The van der Waals surface area contributed by atoms with E-state index in [1.54, 1.807) is 18.2 Å². The molecule has 2 heterocycles. The van der Waals surface area contributed by atoms with E-state index in [1.165, 1.54) is 0 Å². The molecule has 7 heteroatoms. The number of hydrogen-bond donors (Lipinski definition) is 1. The molecular weight excluding hydrogens is 296 g/mol. The summed E-state index contributed by atoms with van der Waals surface area (Å²) in [5.41, 5.74) is 0. The SMILES string of the molecule is O=C(O)C1CCC(CS(=O)c2ccc3c(c2)OCCO3)O1. The second-order valence-electron chi connectivity index (χ2n) is 4.98. The number of aliphatic carboxylic acids is 1. The fourth-order valence-electron chi connectivity index (χ4n) is 2.44. The Morgan fingerprint density at radius 2 is 2.00 bits per heavy atom. The smallest absolute Gasteiger partial charge is 0.332 e. The molecule has 21 heavy (non-hydrogen) atoms. The van der Waals surface area contributed by atoms with Crippen LogP contribution in [0.15, 0.2) is 23.1 Å². The summed E-state index contributed by atoms with van der Waals surface area (Å²) in [6.07, 6.45) is 0.0402. The Morgan fingerprint density at radius 1 is 1.24 bits per heavy atom. The first-order valence-corrected chi connectivity index (χ1v) is 8.11. The summed E-state index contributed by atoms with van der Waals surface area (Å²) >= 11 is 0. The van der Waals surface area contributed by atoms with Crippen molar-refractivity contribution in [3.05, 3.63) is 18.2 Å². The van der Waals surface area contributed by atoms with Crippen molar-refractivity contribution in [1.82, 2.24) is 0 Å². The first-order chi connectivity index (χ1) is 10.1. The number of carboxylic acids is 1. The number of ether oxygens (including phenoxy) is 3. The lowest BCUT2D eigenvalue weighted by Gasteiger charge is -2.19. The van der Waals surface area contributed by atoms with Gasteiger partial charge in [0.2, 0.25) is 0 Å². The number of carboxylic acid groups (broad SMARTS) is 1. The van der Waals surface area contributed by atoms with Crippen LogP contribution in [0.3, 0.4) is 0 Å². The van der Waals surface area contributed by atoms with Crippen LogP contribution in [-0.4, -0.2) is 46.5 Å². The average Bonchev–Trinajstić information content (AvgIpc) is 2.95.